The van der Waals surface area contributed by atoms with Crippen LogP contribution in [0.25, 0.3) is 11.1 Å². The number of rotatable bonds is 1. The van der Waals surface area contributed by atoms with Gasteiger partial charge in [0.2, 0.25) is 0 Å². The van der Waals surface area contributed by atoms with Crippen molar-refractivity contribution in [2.75, 3.05) is 5.73 Å². The lowest BCUT2D eigenvalue weighted by Gasteiger charge is -2.08. The van der Waals surface area contributed by atoms with E-state index in [1.165, 1.54) is 5.56 Å². The first-order valence-corrected chi connectivity index (χ1v) is 5.43. The van der Waals surface area contributed by atoms with E-state index in [1.54, 1.807) is 10.9 Å². The van der Waals surface area contributed by atoms with Crippen LogP contribution < -0.4 is 5.73 Å². The van der Waals surface area contributed by atoms with E-state index >= 15 is 0 Å². The summed E-state index contributed by atoms with van der Waals surface area (Å²) in [6, 6.07) is 4.08. The van der Waals surface area contributed by atoms with E-state index in [1.807, 2.05) is 27.0 Å². The van der Waals surface area contributed by atoms with Crippen molar-refractivity contribution in [3.05, 3.63) is 34.5 Å². The Labute approximate surface area is 99.8 Å². The Morgan fingerprint density at radius 1 is 1.25 bits per heavy atom. The summed E-state index contributed by atoms with van der Waals surface area (Å²) in [6.07, 6.45) is 1.75. The maximum atomic E-state index is 6.29. The Kier molecular flexibility index (Phi) is 2.64. The van der Waals surface area contributed by atoms with Crippen LogP contribution in [0.4, 0.5) is 5.82 Å². The summed E-state index contributed by atoms with van der Waals surface area (Å²) in [4.78, 5) is 0. The summed E-state index contributed by atoms with van der Waals surface area (Å²) >= 11 is 6.29. The highest BCUT2D eigenvalue weighted by atomic mass is 35.5. The van der Waals surface area contributed by atoms with Crippen LogP contribution >= 0.6 is 11.6 Å². The average molecular weight is 236 g/mol. The lowest BCUT2D eigenvalue weighted by Crippen LogP contribution is -1.98. The molecule has 1 aromatic heterocycles. The second-order valence-electron chi connectivity index (χ2n) is 4.01. The van der Waals surface area contributed by atoms with Gasteiger partial charge in [0.1, 0.15) is 5.82 Å². The molecule has 0 spiro atoms. The molecule has 0 unspecified atom stereocenters. The number of hydrogen-bond donors (Lipinski definition) is 1. The molecule has 84 valence electrons. The molecule has 0 saturated heterocycles. The molecule has 0 aliphatic rings. The van der Waals surface area contributed by atoms with Crippen molar-refractivity contribution in [1.29, 1.82) is 0 Å². The fraction of sp³-hybridized carbons (Fsp3) is 0.250. The van der Waals surface area contributed by atoms with Crippen LogP contribution in [-0.2, 0) is 7.05 Å². The number of aromatic nitrogens is 2. The van der Waals surface area contributed by atoms with Gasteiger partial charge in [-0.3, -0.25) is 4.68 Å². The molecule has 0 radical (unpaired) electrons. The smallest absolute Gasteiger partial charge is 0.129 e. The van der Waals surface area contributed by atoms with Crippen molar-refractivity contribution in [3.8, 4) is 11.1 Å². The molecule has 4 heteroatoms. The predicted molar refractivity (Wildman–Crippen MR) is 67.5 cm³/mol. The van der Waals surface area contributed by atoms with Crippen LogP contribution in [0.1, 0.15) is 11.1 Å². The Hall–Kier alpha value is -1.48. The minimum Gasteiger partial charge on any atom is -0.383 e. The van der Waals surface area contributed by atoms with Crippen molar-refractivity contribution in [3.63, 3.8) is 0 Å². The van der Waals surface area contributed by atoms with E-state index in [2.05, 4.69) is 11.2 Å². The Bertz CT molecular complexity index is 543. The zero-order valence-corrected chi connectivity index (χ0v) is 10.3. The van der Waals surface area contributed by atoms with E-state index < -0.39 is 0 Å². The molecule has 3 nitrogen and oxygen atoms in total. The van der Waals surface area contributed by atoms with Crippen molar-refractivity contribution >= 4 is 17.4 Å². The van der Waals surface area contributed by atoms with E-state index in [9.17, 15) is 0 Å². The number of hydrogen-bond acceptors (Lipinski definition) is 2. The highest BCUT2D eigenvalue weighted by molar-refractivity contribution is 6.34. The zero-order valence-electron chi connectivity index (χ0n) is 9.58. The van der Waals surface area contributed by atoms with E-state index in [-0.39, 0.29) is 0 Å². The average Bonchev–Trinajstić information content (AvgIpc) is 2.54. The van der Waals surface area contributed by atoms with E-state index in [0.29, 0.717) is 5.82 Å². The van der Waals surface area contributed by atoms with Crippen LogP contribution in [0.3, 0.4) is 0 Å². The number of nitrogen functional groups attached to an aromatic ring is 1. The molecule has 0 atom stereocenters. The number of aryl methyl sites for hydroxylation is 3. The summed E-state index contributed by atoms with van der Waals surface area (Å²) in [5.74, 6) is 0.631. The van der Waals surface area contributed by atoms with E-state index in [0.717, 1.165) is 21.7 Å². The number of nitrogens with two attached hydrogens (primary N) is 1. The molecule has 0 aliphatic heterocycles. The van der Waals surface area contributed by atoms with Gasteiger partial charge in [-0.25, -0.2) is 0 Å². The van der Waals surface area contributed by atoms with Gasteiger partial charge in [0, 0.05) is 18.2 Å². The molecule has 0 amide bonds. The summed E-state index contributed by atoms with van der Waals surface area (Å²) in [6.45, 7) is 4.03. The van der Waals surface area contributed by atoms with Crippen LogP contribution in [0.5, 0.6) is 0 Å². The maximum Gasteiger partial charge on any atom is 0.129 e. The van der Waals surface area contributed by atoms with Crippen molar-refractivity contribution < 1.29 is 0 Å². The Morgan fingerprint density at radius 2 is 1.94 bits per heavy atom. The van der Waals surface area contributed by atoms with Crippen LogP contribution in [0.2, 0.25) is 5.02 Å². The molecule has 1 heterocycles. The highest BCUT2D eigenvalue weighted by Crippen LogP contribution is 2.34. The van der Waals surface area contributed by atoms with Crippen molar-refractivity contribution in [2.45, 2.75) is 13.8 Å². The summed E-state index contributed by atoms with van der Waals surface area (Å²) in [5.41, 5.74) is 10.0. The third-order valence-corrected chi connectivity index (χ3v) is 3.18. The standard InChI is InChI=1S/C12H14ClN3/c1-7-4-8(2)11(13)9(5-7)10-6-15-16(3)12(10)14/h4-6H,14H2,1-3H3. The zero-order chi connectivity index (χ0) is 11.9. The minimum absolute atomic E-state index is 0.631. The highest BCUT2D eigenvalue weighted by Gasteiger charge is 2.12. The molecular formula is C12H14ClN3. The molecule has 0 aliphatic carbocycles. The summed E-state index contributed by atoms with van der Waals surface area (Å²) in [5, 5.41) is 4.87. The number of nitrogens with zero attached hydrogens (tertiary/aromatic N) is 2. The molecule has 16 heavy (non-hydrogen) atoms. The lowest BCUT2D eigenvalue weighted by molar-refractivity contribution is 0.779. The Balaban J connectivity index is 2.69. The topological polar surface area (TPSA) is 43.8 Å². The third kappa shape index (κ3) is 1.67. The fourth-order valence-corrected chi connectivity index (χ4v) is 2.01. The van der Waals surface area contributed by atoms with Crippen LogP contribution in [-0.4, -0.2) is 9.78 Å². The van der Waals surface area contributed by atoms with Gasteiger partial charge in [-0.1, -0.05) is 23.2 Å². The minimum atomic E-state index is 0.631. The van der Waals surface area contributed by atoms with Gasteiger partial charge in [-0.05, 0) is 25.5 Å². The van der Waals surface area contributed by atoms with Crippen molar-refractivity contribution in [2.24, 2.45) is 7.05 Å². The first kappa shape index (κ1) is 11.0. The van der Waals surface area contributed by atoms with Crippen LogP contribution in [0.15, 0.2) is 18.3 Å². The quantitative estimate of drug-likeness (QED) is 0.826. The van der Waals surface area contributed by atoms with Gasteiger partial charge in [-0.15, -0.1) is 0 Å². The van der Waals surface area contributed by atoms with Gasteiger partial charge >= 0.3 is 0 Å². The second kappa shape index (κ2) is 3.83. The largest absolute Gasteiger partial charge is 0.383 e. The summed E-state index contributed by atoms with van der Waals surface area (Å²) in [7, 11) is 1.81. The molecule has 0 fully saturated rings. The van der Waals surface area contributed by atoms with Gasteiger partial charge in [0.15, 0.2) is 0 Å². The predicted octanol–water partition coefficient (Wildman–Crippen LogP) is 2.94. The monoisotopic (exact) mass is 235 g/mol. The first-order valence-electron chi connectivity index (χ1n) is 5.05. The van der Waals surface area contributed by atoms with Gasteiger partial charge in [-0.2, -0.15) is 5.10 Å². The normalized spacial score (nSPS) is 10.8. The fourth-order valence-electron chi connectivity index (χ4n) is 1.80. The van der Waals surface area contributed by atoms with Gasteiger partial charge in [0.25, 0.3) is 0 Å². The maximum absolute atomic E-state index is 6.29. The molecule has 2 N–H and O–H groups in total. The van der Waals surface area contributed by atoms with Gasteiger partial charge < -0.3 is 5.73 Å². The second-order valence-corrected chi connectivity index (χ2v) is 4.39. The molecule has 2 aromatic rings. The molecule has 0 bridgehead atoms. The molecule has 1 aromatic carbocycles. The Morgan fingerprint density at radius 3 is 2.50 bits per heavy atom. The van der Waals surface area contributed by atoms with Crippen LogP contribution in [0, 0.1) is 13.8 Å². The van der Waals surface area contributed by atoms with Crippen molar-refractivity contribution in [1.82, 2.24) is 9.78 Å². The lowest BCUT2D eigenvalue weighted by atomic mass is 10.0. The summed E-state index contributed by atoms with van der Waals surface area (Å²) < 4.78 is 1.64. The number of benzene rings is 1. The van der Waals surface area contributed by atoms with E-state index in [4.69, 9.17) is 17.3 Å². The SMILES string of the molecule is Cc1cc(C)c(Cl)c(-c2cnn(C)c2N)c1. The molecular weight excluding hydrogens is 222 g/mol. The number of halogens is 1. The van der Waals surface area contributed by atoms with Gasteiger partial charge in [0.05, 0.1) is 11.2 Å². The third-order valence-electron chi connectivity index (χ3n) is 2.67. The molecule has 0 saturated carbocycles. The number of anilines is 1. The molecule has 2 rings (SSSR count). The first-order chi connectivity index (χ1) is 7.50.